The van der Waals surface area contributed by atoms with Crippen molar-refractivity contribution < 1.29 is 9.53 Å². The molecule has 0 radical (unpaired) electrons. The van der Waals surface area contributed by atoms with Crippen molar-refractivity contribution in [3.05, 3.63) is 76.9 Å². The second-order valence-electron chi connectivity index (χ2n) is 5.15. The van der Waals surface area contributed by atoms with Gasteiger partial charge in [-0.1, -0.05) is 46.3 Å². The summed E-state index contributed by atoms with van der Waals surface area (Å²) in [5.41, 5.74) is 1.09. The lowest BCUT2D eigenvalue weighted by atomic mass is 10.2. The highest BCUT2D eigenvalue weighted by Crippen LogP contribution is 2.15. The fourth-order valence-corrected chi connectivity index (χ4v) is 2.66. The normalized spacial score (nSPS) is 10.4. The van der Waals surface area contributed by atoms with Crippen LogP contribution in [0.5, 0.6) is 5.75 Å². The van der Waals surface area contributed by atoms with E-state index in [2.05, 4.69) is 26.3 Å². The Morgan fingerprint density at radius 3 is 2.75 bits per heavy atom. The first kappa shape index (κ1) is 16.3. The van der Waals surface area contributed by atoms with Crippen LogP contribution in [0, 0.1) is 0 Å². The van der Waals surface area contributed by atoms with Gasteiger partial charge in [-0.25, -0.2) is 4.68 Å². The minimum absolute atomic E-state index is 0.0495. The van der Waals surface area contributed by atoms with Gasteiger partial charge >= 0.3 is 0 Å². The van der Waals surface area contributed by atoms with Gasteiger partial charge in [0.15, 0.2) is 6.61 Å². The second kappa shape index (κ2) is 7.79. The van der Waals surface area contributed by atoms with Crippen LogP contribution in [0.4, 0.5) is 5.82 Å². The molecule has 2 aromatic carbocycles. The van der Waals surface area contributed by atoms with Gasteiger partial charge in [0.25, 0.3) is 5.91 Å². The van der Waals surface area contributed by atoms with E-state index in [1.807, 2.05) is 54.6 Å². The topological polar surface area (TPSA) is 56.1 Å². The van der Waals surface area contributed by atoms with Crippen LogP contribution < -0.4 is 10.1 Å². The van der Waals surface area contributed by atoms with Gasteiger partial charge in [-0.2, -0.15) is 5.10 Å². The fraction of sp³-hybridized carbons (Fsp3) is 0.111. The monoisotopic (exact) mass is 385 g/mol. The van der Waals surface area contributed by atoms with Crippen molar-refractivity contribution in [3.8, 4) is 5.75 Å². The molecule has 1 aromatic heterocycles. The highest BCUT2D eigenvalue weighted by molar-refractivity contribution is 9.10. The molecule has 3 rings (SSSR count). The SMILES string of the molecule is O=C(COc1ccccc1)Nc1ccnn1Cc1cccc(Br)c1. The van der Waals surface area contributed by atoms with Gasteiger partial charge in [0.05, 0.1) is 12.7 Å². The van der Waals surface area contributed by atoms with Crippen molar-refractivity contribution in [1.29, 1.82) is 0 Å². The van der Waals surface area contributed by atoms with Crippen LogP contribution in [0.15, 0.2) is 71.3 Å². The molecule has 0 aliphatic heterocycles. The molecule has 0 aliphatic carbocycles. The zero-order valence-corrected chi connectivity index (χ0v) is 14.4. The molecular weight excluding hydrogens is 370 g/mol. The van der Waals surface area contributed by atoms with E-state index in [1.54, 1.807) is 16.9 Å². The molecule has 0 saturated carbocycles. The number of carbonyl (C=O) groups excluding carboxylic acids is 1. The van der Waals surface area contributed by atoms with Crippen LogP contribution in [-0.2, 0) is 11.3 Å². The molecular formula is C18H16BrN3O2. The van der Waals surface area contributed by atoms with Gasteiger partial charge in [0.2, 0.25) is 0 Å². The van der Waals surface area contributed by atoms with E-state index < -0.39 is 0 Å². The lowest BCUT2D eigenvalue weighted by Gasteiger charge is -2.10. The van der Waals surface area contributed by atoms with E-state index >= 15 is 0 Å². The second-order valence-corrected chi connectivity index (χ2v) is 6.07. The first-order chi connectivity index (χ1) is 11.7. The third kappa shape index (κ3) is 4.45. The molecule has 0 bridgehead atoms. The smallest absolute Gasteiger partial charge is 0.263 e. The number of halogens is 1. The molecule has 0 atom stereocenters. The average molecular weight is 386 g/mol. The zero-order chi connectivity index (χ0) is 16.8. The number of aromatic nitrogens is 2. The molecule has 5 nitrogen and oxygen atoms in total. The quantitative estimate of drug-likeness (QED) is 0.703. The Kier molecular flexibility index (Phi) is 5.28. The summed E-state index contributed by atoms with van der Waals surface area (Å²) in [6, 6.07) is 19.0. The van der Waals surface area contributed by atoms with Crippen molar-refractivity contribution in [3.63, 3.8) is 0 Å². The summed E-state index contributed by atoms with van der Waals surface area (Å²) in [7, 11) is 0. The van der Waals surface area contributed by atoms with Gasteiger partial charge in [0, 0.05) is 10.5 Å². The van der Waals surface area contributed by atoms with Crippen LogP contribution in [-0.4, -0.2) is 22.3 Å². The van der Waals surface area contributed by atoms with E-state index in [-0.39, 0.29) is 12.5 Å². The van der Waals surface area contributed by atoms with Crippen molar-refractivity contribution in [2.45, 2.75) is 6.54 Å². The van der Waals surface area contributed by atoms with Crippen LogP contribution in [0.3, 0.4) is 0 Å². The van der Waals surface area contributed by atoms with Gasteiger partial charge in [-0.15, -0.1) is 0 Å². The Balaban J connectivity index is 1.59. The summed E-state index contributed by atoms with van der Waals surface area (Å²) in [6.07, 6.45) is 1.66. The van der Waals surface area contributed by atoms with E-state index in [0.717, 1.165) is 10.0 Å². The summed E-state index contributed by atoms with van der Waals surface area (Å²) < 4.78 is 8.19. The molecule has 6 heteroatoms. The number of rotatable bonds is 6. The number of hydrogen-bond acceptors (Lipinski definition) is 3. The molecule has 0 aliphatic rings. The summed E-state index contributed by atoms with van der Waals surface area (Å²) in [5, 5.41) is 7.08. The largest absolute Gasteiger partial charge is 0.484 e. The number of nitrogens with zero attached hydrogens (tertiary/aromatic N) is 2. The molecule has 1 N–H and O–H groups in total. The van der Waals surface area contributed by atoms with E-state index in [9.17, 15) is 4.79 Å². The first-order valence-corrected chi connectivity index (χ1v) is 8.24. The predicted molar refractivity (Wildman–Crippen MR) is 96.0 cm³/mol. The van der Waals surface area contributed by atoms with Gasteiger partial charge < -0.3 is 10.1 Å². The minimum atomic E-state index is -0.227. The van der Waals surface area contributed by atoms with Crippen LogP contribution in [0.1, 0.15) is 5.56 Å². The number of carbonyl (C=O) groups is 1. The molecule has 0 saturated heterocycles. The van der Waals surface area contributed by atoms with E-state index in [0.29, 0.717) is 18.1 Å². The fourth-order valence-electron chi connectivity index (χ4n) is 2.22. The molecule has 122 valence electrons. The Bertz CT molecular complexity index is 818. The lowest BCUT2D eigenvalue weighted by molar-refractivity contribution is -0.118. The molecule has 24 heavy (non-hydrogen) atoms. The average Bonchev–Trinajstić information content (AvgIpc) is 3.01. The van der Waals surface area contributed by atoms with Crippen LogP contribution in [0.25, 0.3) is 0 Å². The number of benzene rings is 2. The standard InChI is InChI=1S/C18H16BrN3O2/c19-15-6-4-5-14(11-15)12-22-17(9-10-20-22)21-18(23)13-24-16-7-2-1-3-8-16/h1-11H,12-13H2,(H,21,23). The molecule has 1 amide bonds. The van der Waals surface area contributed by atoms with E-state index in [4.69, 9.17) is 4.74 Å². The lowest BCUT2D eigenvalue weighted by Crippen LogP contribution is -2.22. The maximum atomic E-state index is 12.1. The Labute approximate surface area is 148 Å². The van der Waals surface area contributed by atoms with Crippen LogP contribution in [0.2, 0.25) is 0 Å². The third-order valence-electron chi connectivity index (χ3n) is 3.32. The summed E-state index contributed by atoms with van der Waals surface area (Å²) in [5.74, 6) is 1.07. The zero-order valence-electron chi connectivity index (χ0n) is 12.9. The van der Waals surface area contributed by atoms with Gasteiger partial charge in [0.1, 0.15) is 11.6 Å². The first-order valence-electron chi connectivity index (χ1n) is 7.45. The van der Waals surface area contributed by atoms with Crippen molar-refractivity contribution in [2.24, 2.45) is 0 Å². The molecule has 3 aromatic rings. The number of amides is 1. The van der Waals surface area contributed by atoms with Crippen molar-refractivity contribution >= 4 is 27.7 Å². The highest BCUT2D eigenvalue weighted by atomic mass is 79.9. The summed E-state index contributed by atoms with van der Waals surface area (Å²) in [4.78, 5) is 12.1. The van der Waals surface area contributed by atoms with Gasteiger partial charge in [-0.3, -0.25) is 4.79 Å². The molecule has 0 unspecified atom stereocenters. The van der Waals surface area contributed by atoms with Gasteiger partial charge in [-0.05, 0) is 29.8 Å². The Hall–Kier alpha value is -2.60. The molecule has 0 fully saturated rings. The number of hydrogen-bond donors (Lipinski definition) is 1. The minimum Gasteiger partial charge on any atom is -0.484 e. The number of nitrogens with one attached hydrogen (secondary N) is 1. The predicted octanol–water partition coefficient (Wildman–Crippen LogP) is 3.71. The summed E-state index contributed by atoms with van der Waals surface area (Å²) in [6.45, 7) is 0.522. The third-order valence-corrected chi connectivity index (χ3v) is 3.81. The number of anilines is 1. The van der Waals surface area contributed by atoms with Crippen LogP contribution >= 0.6 is 15.9 Å². The Morgan fingerprint density at radius 1 is 1.12 bits per heavy atom. The highest BCUT2D eigenvalue weighted by Gasteiger charge is 2.09. The maximum absolute atomic E-state index is 12.1. The van der Waals surface area contributed by atoms with Crippen molar-refractivity contribution in [2.75, 3.05) is 11.9 Å². The summed E-state index contributed by atoms with van der Waals surface area (Å²) >= 11 is 3.45. The number of para-hydroxylation sites is 1. The molecule has 1 heterocycles. The number of ether oxygens (including phenoxy) is 1. The molecule has 0 spiro atoms. The Morgan fingerprint density at radius 2 is 1.96 bits per heavy atom. The maximum Gasteiger partial charge on any atom is 0.263 e. The van der Waals surface area contributed by atoms with E-state index in [1.165, 1.54) is 0 Å². The van der Waals surface area contributed by atoms with Crippen molar-refractivity contribution in [1.82, 2.24) is 9.78 Å².